The average molecular weight is 231 g/mol. The summed E-state index contributed by atoms with van der Waals surface area (Å²) in [7, 11) is 0. The number of carbonyl (C=O) groups is 2. The monoisotopic (exact) mass is 231 g/mol. The molecule has 0 fully saturated rings. The lowest BCUT2D eigenvalue weighted by Crippen LogP contribution is -2.22. The van der Waals surface area contributed by atoms with Gasteiger partial charge in [-0.25, -0.2) is 0 Å². The molecule has 86 valence electrons. The van der Waals surface area contributed by atoms with Crippen LogP contribution in [-0.4, -0.2) is 27.1 Å². The third kappa shape index (κ3) is 1.94. The van der Waals surface area contributed by atoms with Crippen LogP contribution in [-0.2, 0) is 9.59 Å². The first kappa shape index (κ1) is 11.1. The maximum Gasteiger partial charge on any atom is 0.324 e. The Morgan fingerprint density at radius 2 is 1.71 bits per heavy atom. The van der Waals surface area contributed by atoms with E-state index in [-0.39, 0.29) is 5.69 Å². The zero-order valence-corrected chi connectivity index (χ0v) is 8.70. The molecule has 1 aromatic carbocycles. The Morgan fingerprint density at radius 1 is 1.06 bits per heavy atom. The molecule has 2 N–H and O–H groups in total. The number of nitrogens with zero attached hydrogens (tertiary/aromatic N) is 1. The molecular formula is C12H9NO4. The van der Waals surface area contributed by atoms with Crippen molar-refractivity contribution in [3.63, 3.8) is 0 Å². The van der Waals surface area contributed by atoms with Gasteiger partial charge in [0, 0.05) is 11.6 Å². The van der Waals surface area contributed by atoms with Crippen molar-refractivity contribution >= 4 is 22.7 Å². The summed E-state index contributed by atoms with van der Waals surface area (Å²) in [6, 6.07) is 8.66. The Morgan fingerprint density at radius 3 is 2.35 bits per heavy atom. The lowest BCUT2D eigenvalue weighted by molar-refractivity contribution is -0.150. The van der Waals surface area contributed by atoms with Crippen molar-refractivity contribution in [2.45, 2.75) is 5.92 Å². The van der Waals surface area contributed by atoms with Crippen molar-refractivity contribution in [2.24, 2.45) is 0 Å². The van der Waals surface area contributed by atoms with Crippen LogP contribution < -0.4 is 0 Å². The molecule has 0 aliphatic carbocycles. The van der Waals surface area contributed by atoms with E-state index < -0.39 is 17.9 Å². The van der Waals surface area contributed by atoms with Crippen LogP contribution in [0, 0.1) is 0 Å². The number of pyridine rings is 1. The molecule has 2 rings (SSSR count). The van der Waals surface area contributed by atoms with Crippen LogP contribution in [0.15, 0.2) is 36.5 Å². The quantitative estimate of drug-likeness (QED) is 0.781. The smallest absolute Gasteiger partial charge is 0.324 e. The summed E-state index contributed by atoms with van der Waals surface area (Å²) in [6.45, 7) is 0. The van der Waals surface area contributed by atoms with Crippen molar-refractivity contribution in [1.82, 2.24) is 4.98 Å². The van der Waals surface area contributed by atoms with E-state index in [1.165, 1.54) is 6.20 Å². The molecule has 0 saturated heterocycles. The van der Waals surface area contributed by atoms with E-state index in [0.29, 0.717) is 5.39 Å². The highest BCUT2D eigenvalue weighted by atomic mass is 16.4. The summed E-state index contributed by atoms with van der Waals surface area (Å²) >= 11 is 0. The fraction of sp³-hybridized carbons (Fsp3) is 0.0833. The van der Waals surface area contributed by atoms with Crippen LogP contribution in [0.5, 0.6) is 0 Å². The summed E-state index contributed by atoms with van der Waals surface area (Å²) in [5, 5.41) is 19.2. The van der Waals surface area contributed by atoms with E-state index in [2.05, 4.69) is 4.98 Å². The molecule has 0 aliphatic heterocycles. The number of aromatic nitrogens is 1. The number of aliphatic carboxylic acids is 2. The fourth-order valence-electron chi connectivity index (χ4n) is 1.71. The Kier molecular flexibility index (Phi) is 2.74. The third-order valence-corrected chi connectivity index (χ3v) is 2.47. The first-order chi connectivity index (χ1) is 8.11. The largest absolute Gasteiger partial charge is 0.480 e. The molecule has 0 amide bonds. The topological polar surface area (TPSA) is 87.5 Å². The summed E-state index contributed by atoms with van der Waals surface area (Å²) in [5.74, 6) is -4.47. The molecule has 1 heterocycles. The van der Waals surface area contributed by atoms with E-state index in [0.717, 1.165) is 5.39 Å². The number of hydrogen-bond donors (Lipinski definition) is 2. The number of carboxylic acid groups (broad SMARTS) is 2. The van der Waals surface area contributed by atoms with Crippen LogP contribution >= 0.6 is 0 Å². The molecule has 2 aromatic rings. The molecule has 0 spiro atoms. The Balaban J connectivity index is 2.69. The molecule has 0 unspecified atom stereocenters. The number of hydrogen-bond acceptors (Lipinski definition) is 3. The molecule has 17 heavy (non-hydrogen) atoms. The first-order valence-electron chi connectivity index (χ1n) is 4.90. The highest BCUT2D eigenvalue weighted by molar-refractivity contribution is 6.02. The van der Waals surface area contributed by atoms with Gasteiger partial charge in [-0.3, -0.25) is 14.6 Å². The van der Waals surface area contributed by atoms with Gasteiger partial charge >= 0.3 is 11.9 Å². The second-order valence-electron chi connectivity index (χ2n) is 3.53. The van der Waals surface area contributed by atoms with Crippen LogP contribution in [0.3, 0.4) is 0 Å². The molecular weight excluding hydrogens is 222 g/mol. The maximum absolute atomic E-state index is 11.0. The molecule has 0 atom stereocenters. The molecule has 5 heteroatoms. The number of fused-ring (bicyclic) bond motifs is 1. The van der Waals surface area contributed by atoms with Crippen molar-refractivity contribution < 1.29 is 19.8 Å². The Bertz CT molecular complexity index is 575. The normalized spacial score (nSPS) is 10.6. The van der Waals surface area contributed by atoms with E-state index in [1.54, 1.807) is 30.3 Å². The summed E-state index contributed by atoms with van der Waals surface area (Å²) in [4.78, 5) is 25.8. The van der Waals surface area contributed by atoms with Gasteiger partial charge in [0.1, 0.15) is 0 Å². The van der Waals surface area contributed by atoms with Crippen LogP contribution in [0.1, 0.15) is 11.6 Å². The highest BCUT2D eigenvalue weighted by Crippen LogP contribution is 2.23. The lowest BCUT2D eigenvalue weighted by atomic mass is 9.99. The summed E-state index contributed by atoms with van der Waals surface area (Å²) in [6.07, 6.45) is 1.41. The maximum atomic E-state index is 11.0. The molecule has 5 nitrogen and oxygen atoms in total. The number of rotatable bonds is 3. The van der Waals surface area contributed by atoms with Gasteiger partial charge in [-0.05, 0) is 11.5 Å². The van der Waals surface area contributed by atoms with Crippen LogP contribution in [0.4, 0.5) is 0 Å². The van der Waals surface area contributed by atoms with E-state index >= 15 is 0 Å². The molecule has 0 bridgehead atoms. The standard InChI is InChI=1S/C12H9NO4/c14-11(15)9(12(16)17)10-8-4-2-1-3-7(8)5-6-13-10/h1-6,9H,(H,14,15)(H,16,17). The average Bonchev–Trinajstić information content (AvgIpc) is 2.28. The van der Waals surface area contributed by atoms with Crippen molar-refractivity contribution in [2.75, 3.05) is 0 Å². The van der Waals surface area contributed by atoms with E-state index in [1.807, 2.05) is 0 Å². The zero-order valence-electron chi connectivity index (χ0n) is 8.70. The van der Waals surface area contributed by atoms with Gasteiger partial charge in [0.15, 0.2) is 5.92 Å². The minimum atomic E-state index is -1.64. The van der Waals surface area contributed by atoms with Gasteiger partial charge in [-0.2, -0.15) is 0 Å². The third-order valence-electron chi connectivity index (χ3n) is 2.47. The van der Waals surface area contributed by atoms with Crippen molar-refractivity contribution in [1.29, 1.82) is 0 Å². The van der Waals surface area contributed by atoms with Gasteiger partial charge in [0.25, 0.3) is 0 Å². The summed E-state index contributed by atoms with van der Waals surface area (Å²) < 4.78 is 0. The molecule has 0 saturated carbocycles. The van der Waals surface area contributed by atoms with Crippen molar-refractivity contribution in [3.8, 4) is 0 Å². The Labute approximate surface area is 96.3 Å². The van der Waals surface area contributed by atoms with Gasteiger partial charge in [0.05, 0.1) is 5.69 Å². The lowest BCUT2D eigenvalue weighted by Gasteiger charge is -2.09. The second kappa shape index (κ2) is 4.21. The summed E-state index contributed by atoms with van der Waals surface area (Å²) in [5.41, 5.74) is 0.0584. The van der Waals surface area contributed by atoms with Crippen LogP contribution in [0.25, 0.3) is 10.8 Å². The molecule has 0 aliphatic rings. The van der Waals surface area contributed by atoms with Gasteiger partial charge in [-0.1, -0.05) is 24.3 Å². The predicted octanol–water partition coefficient (Wildman–Crippen LogP) is 1.49. The first-order valence-corrected chi connectivity index (χ1v) is 4.90. The number of carboxylic acids is 2. The molecule has 0 radical (unpaired) electrons. The van der Waals surface area contributed by atoms with Gasteiger partial charge < -0.3 is 10.2 Å². The highest BCUT2D eigenvalue weighted by Gasteiger charge is 2.30. The minimum Gasteiger partial charge on any atom is -0.480 e. The minimum absolute atomic E-state index is 0.0584. The second-order valence-corrected chi connectivity index (χ2v) is 3.53. The van der Waals surface area contributed by atoms with Crippen molar-refractivity contribution in [3.05, 3.63) is 42.2 Å². The van der Waals surface area contributed by atoms with Crippen LogP contribution in [0.2, 0.25) is 0 Å². The van der Waals surface area contributed by atoms with E-state index in [4.69, 9.17) is 10.2 Å². The number of benzene rings is 1. The molecule has 1 aromatic heterocycles. The zero-order chi connectivity index (χ0) is 12.4. The predicted molar refractivity (Wildman–Crippen MR) is 59.8 cm³/mol. The van der Waals surface area contributed by atoms with Gasteiger partial charge in [0.2, 0.25) is 0 Å². The fourth-order valence-corrected chi connectivity index (χ4v) is 1.71. The van der Waals surface area contributed by atoms with Gasteiger partial charge in [-0.15, -0.1) is 0 Å². The Hall–Kier alpha value is -2.43. The van der Waals surface area contributed by atoms with E-state index in [9.17, 15) is 9.59 Å². The SMILES string of the molecule is O=C(O)C(C(=O)O)c1nccc2ccccc12.